The molecule has 0 fully saturated rings. The predicted octanol–water partition coefficient (Wildman–Crippen LogP) is 0.712. The van der Waals surface area contributed by atoms with Gasteiger partial charge in [-0.25, -0.2) is 8.42 Å². The standard InChI is InChI=1S/C12H18N2O3S2/c1-12(2,15)8-14(3)19(16,17)10-7-5-4-6-9(10)11(13)18/h4-7,15H,8H2,1-3H3,(H2,13,18). The molecule has 19 heavy (non-hydrogen) atoms. The minimum atomic E-state index is -3.74. The van der Waals surface area contributed by atoms with Gasteiger partial charge in [0.05, 0.1) is 10.5 Å². The van der Waals surface area contributed by atoms with Gasteiger partial charge in [-0.15, -0.1) is 0 Å². The van der Waals surface area contributed by atoms with Gasteiger partial charge < -0.3 is 10.8 Å². The molecule has 0 heterocycles. The van der Waals surface area contributed by atoms with Crippen molar-refractivity contribution < 1.29 is 13.5 Å². The van der Waals surface area contributed by atoms with E-state index >= 15 is 0 Å². The Bertz CT molecular complexity index is 577. The Labute approximate surface area is 119 Å². The number of nitrogens with zero attached hydrogens (tertiary/aromatic N) is 1. The summed E-state index contributed by atoms with van der Waals surface area (Å²) in [7, 11) is -2.34. The molecule has 0 saturated carbocycles. The quantitative estimate of drug-likeness (QED) is 0.783. The molecule has 0 aliphatic rings. The first-order chi connectivity index (χ1) is 8.55. The number of nitrogens with two attached hydrogens (primary N) is 1. The van der Waals surface area contributed by atoms with Gasteiger partial charge in [-0.2, -0.15) is 4.31 Å². The average molecular weight is 302 g/mol. The van der Waals surface area contributed by atoms with Gasteiger partial charge >= 0.3 is 0 Å². The Balaban J connectivity index is 3.25. The zero-order chi connectivity index (χ0) is 14.8. The van der Waals surface area contributed by atoms with Crippen molar-refractivity contribution in [2.75, 3.05) is 13.6 Å². The van der Waals surface area contributed by atoms with Crippen LogP contribution < -0.4 is 5.73 Å². The van der Waals surface area contributed by atoms with Crippen LogP contribution in [0.3, 0.4) is 0 Å². The van der Waals surface area contributed by atoms with Crippen molar-refractivity contribution in [1.82, 2.24) is 4.31 Å². The highest BCUT2D eigenvalue weighted by Crippen LogP contribution is 2.20. The Morgan fingerprint density at radius 1 is 1.42 bits per heavy atom. The molecule has 7 heteroatoms. The smallest absolute Gasteiger partial charge is 0.243 e. The first-order valence-electron chi connectivity index (χ1n) is 5.63. The maximum Gasteiger partial charge on any atom is 0.243 e. The van der Waals surface area contributed by atoms with Crippen molar-refractivity contribution in [3.63, 3.8) is 0 Å². The van der Waals surface area contributed by atoms with Crippen LogP contribution in [0.25, 0.3) is 0 Å². The molecular weight excluding hydrogens is 284 g/mol. The third-order valence-electron chi connectivity index (χ3n) is 2.45. The minimum absolute atomic E-state index is 0.0239. The van der Waals surface area contributed by atoms with Crippen LogP contribution in [0.2, 0.25) is 0 Å². The second kappa shape index (κ2) is 5.54. The summed E-state index contributed by atoms with van der Waals surface area (Å²) < 4.78 is 26.0. The van der Waals surface area contributed by atoms with E-state index < -0.39 is 15.6 Å². The van der Waals surface area contributed by atoms with Crippen LogP contribution in [0.5, 0.6) is 0 Å². The molecule has 0 unspecified atom stereocenters. The number of rotatable bonds is 5. The summed E-state index contributed by atoms with van der Waals surface area (Å²) in [4.78, 5) is 0.0742. The van der Waals surface area contributed by atoms with E-state index in [1.807, 2.05) is 0 Å². The fourth-order valence-electron chi connectivity index (χ4n) is 1.69. The summed E-state index contributed by atoms with van der Waals surface area (Å²) in [5.74, 6) is 0. The third-order valence-corrected chi connectivity index (χ3v) is 4.53. The summed E-state index contributed by atoms with van der Waals surface area (Å²) in [5, 5.41) is 9.72. The lowest BCUT2D eigenvalue weighted by Gasteiger charge is -2.25. The molecule has 0 saturated heterocycles. The SMILES string of the molecule is CN(CC(C)(C)O)S(=O)(=O)c1ccccc1C(N)=S. The minimum Gasteiger partial charge on any atom is -0.389 e. The van der Waals surface area contributed by atoms with Gasteiger partial charge in [0.2, 0.25) is 10.0 Å². The summed E-state index contributed by atoms with van der Waals surface area (Å²) in [5.41, 5.74) is 4.72. The normalized spacial score (nSPS) is 12.7. The van der Waals surface area contributed by atoms with Gasteiger partial charge in [0, 0.05) is 19.2 Å². The summed E-state index contributed by atoms with van der Waals surface area (Å²) in [6, 6.07) is 6.29. The second-order valence-electron chi connectivity index (χ2n) is 4.93. The average Bonchev–Trinajstić information content (AvgIpc) is 2.26. The largest absolute Gasteiger partial charge is 0.389 e. The fourth-order valence-corrected chi connectivity index (χ4v) is 3.46. The molecular formula is C12H18N2O3S2. The molecule has 1 rings (SSSR count). The fraction of sp³-hybridized carbons (Fsp3) is 0.417. The lowest BCUT2D eigenvalue weighted by molar-refractivity contribution is 0.0640. The first kappa shape index (κ1) is 16.0. The topological polar surface area (TPSA) is 83.6 Å². The highest BCUT2D eigenvalue weighted by Gasteiger charge is 2.28. The van der Waals surface area contributed by atoms with E-state index in [4.69, 9.17) is 18.0 Å². The highest BCUT2D eigenvalue weighted by molar-refractivity contribution is 7.89. The number of benzene rings is 1. The van der Waals surface area contributed by atoms with Crippen molar-refractivity contribution in [3.8, 4) is 0 Å². The van der Waals surface area contributed by atoms with Gasteiger partial charge in [-0.05, 0) is 19.9 Å². The van der Waals surface area contributed by atoms with Crippen LogP contribution in [-0.2, 0) is 10.0 Å². The van der Waals surface area contributed by atoms with Crippen LogP contribution in [-0.4, -0.2) is 42.0 Å². The highest BCUT2D eigenvalue weighted by atomic mass is 32.2. The van der Waals surface area contributed by atoms with Crippen molar-refractivity contribution in [3.05, 3.63) is 29.8 Å². The number of thiocarbonyl (C=S) groups is 1. The monoisotopic (exact) mass is 302 g/mol. The van der Waals surface area contributed by atoms with Crippen LogP contribution in [0.15, 0.2) is 29.2 Å². The molecule has 0 aliphatic carbocycles. The van der Waals surface area contributed by atoms with Crippen LogP contribution >= 0.6 is 12.2 Å². The van der Waals surface area contributed by atoms with Crippen molar-refractivity contribution in [2.45, 2.75) is 24.3 Å². The van der Waals surface area contributed by atoms with Crippen LogP contribution in [0.4, 0.5) is 0 Å². The van der Waals surface area contributed by atoms with E-state index in [0.717, 1.165) is 4.31 Å². The van der Waals surface area contributed by atoms with Gasteiger partial charge in [-0.1, -0.05) is 30.4 Å². The Hall–Kier alpha value is -1.02. The Kier molecular flexibility index (Phi) is 4.67. The van der Waals surface area contributed by atoms with E-state index in [-0.39, 0.29) is 16.4 Å². The van der Waals surface area contributed by atoms with E-state index in [1.165, 1.54) is 13.1 Å². The van der Waals surface area contributed by atoms with E-state index in [9.17, 15) is 13.5 Å². The third kappa shape index (κ3) is 3.97. The van der Waals surface area contributed by atoms with Gasteiger partial charge in [-0.3, -0.25) is 0 Å². The number of hydrogen-bond acceptors (Lipinski definition) is 4. The first-order valence-corrected chi connectivity index (χ1v) is 7.48. The van der Waals surface area contributed by atoms with Crippen LogP contribution in [0, 0.1) is 0 Å². The predicted molar refractivity (Wildman–Crippen MR) is 78.4 cm³/mol. The summed E-state index contributed by atoms with van der Waals surface area (Å²) in [6.07, 6.45) is 0. The molecule has 106 valence electrons. The maximum atomic E-state index is 12.4. The molecule has 1 aromatic rings. The zero-order valence-electron chi connectivity index (χ0n) is 11.1. The molecule has 5 nitrogen and oxygen atoms in total. The lowest BCUT2D eigenvalue weighted by Crippen LogP contribution is -2.40. The molecule has 0 bridgehead atoms. The molecule has 1 aromatic carbocycles. The molecule has 0 aliphatic heterocycles. The molecule has 0 aromatic heterocycles. The summed E-state index contributed by atoms with van der Waals surface area (Å²) in [6.45, 7) is 3.05. The zero-order valence-corrected chi connectivity index (χ0v) is 12.8. The van der Waals surface area contributed by atoms with Crippen molar-refractivity contribution in [2.24, 2.45) is 5.73 Å². The number of aliphatic hydroxyl groups is 1. The van der Waals surface area contributed by atoms with Crippen molar-refractivity contribution in [1.29, 1.82) is 0 Å². The maximum absolute atomic E-state index is 12.4. The van der Waals surface area contributed by atoms with E-state index in [1.54, 1.807) is 32.0 Å². The summed E-state index contributed by atoms with van der Waals surface area (Å²) >= 11 is 4.86. The Morgan fingerprint density at radius 3 is 2.42 bits per heavy atom. The molecule has 3 N–H and O–H groups in total. The second-order valence-corrected chi connectivity index (χ2v) is 7.39. The number of likely N-dealkylation sites (N-methyl/N-ethyl adjacent to an activating group) is 1. The van der Waals surface area contributed by atoms with Crippen molar-refractivity contribution >= 4 is 27.2 Å². The molecule has 0 spiro atoms. The van der Waals surface area contributed by atoms with E-state index in [2.05, 4.69) is 0 Å². The van der Waals surface area contributed by atoms with Gasteiger partial charge in [0.15, 0.2) is 0 Å². The molecule has 0 atom stereocenters. The lowest BCUT2D eigenvalue weighted by atomic mass is 10.1. The molecule has 0 radical (unpaired) electrons. The molecule has 0 amide bonds. The van der Waals surface area contributed by atoms with E-state index in [0.29, 0.717) is 5.56 Å². The van der Waals surface area contributed by atoms with Gasteiger partial charge in [0.1, 0.15) is 4.99 Å². The van der Waals surface area contributed by atoms with Gasteiger partial charge in [0.25, 0.3) is 0 Å². The Morgan fingerprint density at radius 2 is 1.95 bits per heavy atom. The number of hydrogen-bond donors (Lipinski definition) is 2. The van der Waals surface area contributed by atoms with Crippen LogP contribution in [0.1, 0.15) is 19.4 Å². The number of sulfonamides is 1.